The maximum atomic E-state index is 8.22. The third-order valence-corrected chi connectivity index (χ3v) is 0.802. The van der Waals surface area contributed by atoms with Gasteiger partial charge in [0.15, 0.2) is 0 Å². The Hall–Kier alpha value is -1.81. The first-order valence-electron chi connectivity index (χ1n) is 2.22. The Labute approximate surface area is 51.4 Å². The van der Waals surface area contributed by atoms with Gasteiger partial charge in [-0.2, -0.15) is 10.5 Å². The van der Waals surface area contributed by atoms with Gasteiger partial charge in [-0.1, -0.05) is 0 Å². The van der Waals surface area contributed by atoms with E-state index in [-0.39, 0.29) is 5.82 Å². The topological polar surface area (TPSA) is 76.3 Å². The molecule has 4 heteroatoms. The molecule has 1 aromatic rings. The van der Waals surface area contributed by atoms with Gasteiger partial charge in [0.1, 0.15) is 17.8 Å². The molecule has 0 saturated carbocycles. The molecular weight excluding hydrogens is 116 g/mol. The summed E-state index contributed by atoms with van der Waals surface area (Å²) in [7, 11) is 0. The maximum absolute atomic E-state index is 8.22. The zero-order valence-electron chi connectivity index (χ0n) is 4.42. The number of aromatic nitrogens is 2. The molecule has 0 saturated heterocycles. The van der Waals surface area contributed by atoms with Crippen LogP contribution in [-0.2, 0) is 0 Å². The molecule has 1 rings (SSSR count). The molecule has 0 atom stereocenters. The van der Waals surface area contributed by atoms with Gasteiger partial charge in [-0.25, -0.2) is 4.98 Å². The maximum Gasteiger partial charge on any atom is 0.211 e. The molecule has 4 nitrogen and oxygen atoms in total. The number of aromatic amines is 1. The molecule has 0 amide bonds. The molecule has 0 radical (unpaired) electrons. The Morgan fingerprint density at radius 1 is 1.44 bits per heavy atom. The van der Waals surface area contributed by atoms with Gasteiger partial charge in [-0.3, -0.25) is 0 Å². The fourth-order valence-corrected chi connectivity index (χ4v) is 0.435. The van der Waals surface area contributed by atoms with Crippen LogP contribution < -0.4 is 0 Å². The summed E-state index contributed by atoms with van der Waals surface area (Å²) < 4.78 is 0. The van der Waals surface area contributed by atoms with Crippen molar-refractivity contribution in [3.05, 3.63) is 17.7 Å². The van der Waals surface area contributed by atoms with E-state index in [2.05, 4.69) is 9.97 Å². The lowest BCUT2D eigenvalue weighted by molar-refractivity contribution is 1.22. The number of hydrogen-bond donors (Lipinski definition) is 1. The number of imidazole rings is 1. The van der Waals surface area contributed by atoms with E-state index < -0.39 is 0 Å². The average Bonchev–Trinajstić information content (AvgIpc) is 2.34. The van der Waals surface area contributed by atoms with Crippen LogP contribution in [0.2, 0.25) is 0 Å². The Morgan fingerprint density at radius 2 is 2.22 bits per heavy atom. The van der Waals surface area contributed by atoms with Crippen LogP contribution in [0.3, 0.4) is 0 Å². The predicted octanol–water partition coefficient (Wildman–Crippen LogP) is 0.153. The lowest BCUT2D eigenvalue weighted by atomic mass is 10.5. The van der Waals surface area contributed by atoms with Crippen LogP contribution in [0.25, 0.3) is 0 Å². The van der Waals surface area contributed by atoms with Crippen molar-refractivity contribution >= 4 is 0 Å². The summed E-state index contributed by atoms with van der Waals surface area (Å²) in [4.78, 5) is 6.05. The van der Waals surface area contributed by atoms with Crippen LogP contribution in [-0.4, -0.2) is 9.97 Å². The largest absolute Gasteiger partial charge is 0.321 e. The van der Waals surface area contributed by atoms with E-state index in [1.807, 2.05) is 6.07 Å². The summed E-state index contributed by atoms with van der Waals surface area (Å²) in [5.41, 5.74) is 0.312. The zero-order valence-corrected chi connectivity index (χ0v) is 4.42. The summed E-state index contributed by atoms with van der Waals surface area (Å²) in [5, 5.41) is 16.4. The lowest BCUT2D eigenvalue weighted by Gasteiger charge is -1.70. The van der Waals surface area contributed by atoms with E-state index in [1.165, 1.54) is 6.20 Å². The zero-order chi connectivity index (χ0) is 6.69. The summed E-state index contributed by atoms with van der Waals surface area (Å²) >= 11 is 0. The van der Waals surface area contributed by atoms with Crippen LogP contribution in [0.4, 0.5) is 0 Å². The Kier molecular flexibility index (Phi) is 1.17. The lowest BCUT2D eigenvalue weighted by Crippen LogP contribution is -1.74. The van der Waals surface area contributed by atoms with E-state index in [1.54, 1.807) is 6.07 Å². The predicted molar refractivity (Wildman–Crippen MR) is 28.0 cm³/mol. The number of rotatable bonds is 0. The highest BCUT2D eigenvalue weighted by atomic mass is 14.9. The molecule has 9 heavy (non-hydrogen) atoms. The standard InChI is InChI=1S/C5H2N4/c6-1-4-3-8-5(2-7)9-4/h3H,(H,8,9). The number of nitrogens with zero attached hydrogens (tertiary/aromatic N) is 3. The third-order valence-electron chi connectivity index (χ3n) is 0.802. The number of H-pyrrole nitrogens is 1. The van der Waals surface area contributed by atoms with Crippen LogP contribution >= 0.6 is 0 Å². The smallest absolute Gasteiger partial charge is 0.211 e. The van der Waals surface area contributed by atoms with Gasteiger partial charge in [0.2, 0.25) is 5.82 Å². The van der Waals surface area contributed by atoms with Crippen molar-refractivity contribution in [2.24, 2.45) is 0 Å². The Balaban J connectivity index is 3.08. The van der Waals surface area contributed by atoms with E-state index in [9.17, 15) is 0 Å². The highest BCUT2D eigenvalue weighted by Gasteiger charge is 1.94. The van der Waals surface area contributed by atoms with Gasteiger partial charge in [-0.05, 0) is 0 Å². The van der Waals surface area contributed by atoms with Crippen molar-refractivity contribution < 1.29 is 0 Å². The molecule has 0 aliphatic heterocycles. The van der Waals surface area contributed by atoms with E-state index in [4.69, 9.17) is 10.5 Å². The monoisotopic (exact) mass is 118 g/mol. The van der Waals surface area contributed by atoms with Gasteiger partial charge < -0.3 is 4.98 Å². The highest BCUT2D eigenvalue weighted by molar-refractivity contribution is 5.22. The second kappa shape index (κ2) is 1.97. The quantitative estimate of drug-likeness (QED) is 0.526. The van der Waals surface area contributed by atoms with Crippen LogP contribution in [0.1, 0.15) is 11.5 Å². The SMILES string of the molecule is N#Cc1cnc(C#N)[nH]1. The van der Waals surface area contributed by atoms with Crippen LogP contribution in [0.5, 0.6) is 0 Å². The molecular formula is C5H2N4. The van der Waals surface area contributed by atoms with Gasteiger partial charge >= 0.3 is 0 Å². The van der Waals surface area contributed by atoms with E-state index >= 15 is 0 Å². The van der Waals surface area contributed by atoms with Crippen molar-refractivity contribution in [1.82, 2.24) is 9.97 Å². The summed E-state index contributed by atoms with van der Waals surface area (Å²) in [6.07, 6.45) is 1.32. The van der Waals surface area contributed by atoms with Gasteiger partial charge in [0, 0.05) is 0 Å². The van der Waals surface area contributed by atoms with E-state index in [0.717, 1.165) is 0 Å². The van der Waals surface area contributed by atoms with Crippen LogP contribution in [0.15, 0.2) is 6.20 Å². The molecule has 1 heterocycles. The third kappa shape index (κ3) is 0.868. The Morgan fingerprint density at radius 3 is 2.56 bits per heavy atom. The first-order valence-corrected chi connectivity index (χ1v) is 2.22. The molecule has 0 aromatic carbocycles. The fourth-order valence-electron chi connectivity index (χ4n) is 0.435. The van der Waals surface area contributed by atoms with Crippen molar-refractivity contribution in [3.63, 3.8) is 0 Å². The molecule has 0 aliphatic rings. The van der Waals surface area contributed by atoms with Gasteiger partial charge in [0.25, 0.3) is 0 Å². The highest BCUT2D eigenvalue weighted by Crippen LogP contribution is 1.90. The van der Waals surface area contributed by atoms with Crippen molar-refractivity contribution in [1.29, 1.82) is 10.5 Å². The average molecular weight is 118 g/mol. The first-order chi connectivity index (χ1) is 4.36. The second-order valence-corrected chi connectivity index (χ2v) is 1.37. The molecule has 0 spiro atoms. The molecule has 1 N–H and O–H groups in total. The minimum atomic E-state index is 0.173. The number of nitrogens with one attached hydrogen (secondary N) is 1. The number of hydrogen-bond acceptors (Lipinski definition) is 3. The molecule has 0 fully saturated rings. The minimum Gasteiger partial charge on any atom is -0.321 e. The Bertz CT molecular complexity index is 256. The fraction of sp³-hybridized carbons (Fsp3) is 0. The second-order valence-electron chi connectivity index (χ2n) is 1.37. The minimum absolute atomic E-state index is 0.173. The van der Waals surface area contributed by atoms with Crippen LogP contribution in [0, 0.1) is 22.7 Å². The van der Waals surface area contributed by atoms with Gasteiger partial charge in [-0.15, -0.1) is 0 Å². The van der Waals surface area contributed by atoms with E-state index in [0.29, 0.717) is 5.69 Å². The van der Waals surface area contributed by atoms with Crippen molar-refractivity contribution in [3.8, 4) is 12.1 Å². The summed E-state index contributed by atoms with van der Waals surface area (Å²) in [6.45, 7) is 0. The number of nitriles is 2. The molecule has 0 unspecified atom stereocenters. The molecule has 42 valence electrons. The summed E-state index contributed by atoms with van der Waals surface area (Å²) in [6, 6.07) is 3.58. The van der Waals surface area contributed by atoms with Crippen molar-refractivity contribution in [2.45, 2.75) is 0 Å². The normalized spacial score (nSPS) is 7.78. The first kappa shape index (κ1) is 5.33. The van der Waals surface area contributed by atoms with Crippen molar-refractivity contribution in [2.75, 3.05) is 0 Å². The van der Waals surface area contributed by atoms with Gasteiger partial charge in [0.05, 0.1) is 6.20 Å². The summed E-state index contributed by atoms with van der Waals surface area (Å²) in [5.74, 6) is 0.173. The molecule has 0 bridgehead atoms. The molecule has 0 aliphatic carbocycles. The molecule has 1 aromatic heterocycles.